The van der Waals surface area contributed by atoms with E-state index < -0.39 is 0 Å². The van der Waals surface area contributed by atoms with Crippen LogP contribution in [0.1, 0.15) is 36.2 Å². The number of aryl methyl sites for hydroxylation is 1. The normalized spacial score (nSPS) is 12.4. The van der Waals surface area contributed by atoms with E-state index >= 15 is 0 Å². The van der Waals surface area contributed by atoms with Gasteiger partial charge < -0.3 is 16.8 Å². The Hall–Kier alpha value is -1.96. The van der Waals surface area contributed by atoms with Crippen molar-refractivity contribution in [2.24, 2.45) is 0 Å². The molecule has 0 saturated heterocycles. The number of rotatable bonds is 4. The van der Waals surface area contributed by atoms with E-state index in [-0.39, 0.29) is 12.0 Å². The van der Waals surface area contributed by atoms with E-state index in [9.17, 15) is 0 Å². The molecular formula is C11H17N7S. The van der Waals surface area contributed by atoms with Gasteiger partial charge in [-0.1, -0.05) is 18.3 Å². The number of nitrogens with one attached hydrogen (secondary N) is 1. The maximum absolute atomic E-state index is 5.71. The zero-order chi connectivity index (χ0) is 14.0. The number of hydrogen-bond donors (Lipinski definition) is 3. The first kappa shape index (κ1) is 13.5. The van der Waals surface area contributed by atoms with Crippen molar-refractivity contribution in [3.05, 3.63) is 16.3 Å². The summed E-state index contributed by atoms with van der Waals surface area (Å²) in [5.74, 6) is 1.000. The van der Waals surface area contributed by atoms with Crippen LogP contribution in [0, 0.1) is 6.92 Å². The minimum atomic E-state index is -0.0347. The van der Waals surface area contributed by atoms with Gasteiger partial charge in [0.15, 0.2) is 0 Å². The average Bonchev–Trinajstić information content (AvgIpc) is 2.80. The molecule has 0 aliphatic heterocycles. The highest BCUT2D eigenvalue weighted by Gasteiger charge is 2.15. The monoisotopic (exact) mass is 279 g/mol. The number of anilines is 3. The van der Waals surface area contributed by atoms with Crippen molar-refractivity contribution < 1.29 is 0 Å². The summed E-state index contributed by atoms with van der Waals surface area (Å²) in [5, 5.41) is 12.4. The Morgan fingerprint density at radius 1 is 1.26 bits per heavy atom. The highest BCUT2D eigenvalue weighted by Crippen LogP contribution is 2.25. The molecule has 19 heavy (non-hydrogen) atoms. The molecule has 0 bridgehead atoms. The van der Waals surface area contributed by atoms with E-state index in [1.165, 1.54) is 11.3 Å². The molecule has 2 heterocycles. The molecule has 5 N–H and O–H groups in total. The summed E-state index contributed by atoms with van der Waals surface area (Å²) < 4.78 is 0. The van der Waals surface area contributed by atoms with Crippen LogP contribution in [-0.4, -0.2) is 20.2 Å². The topological polar surface area (TPSA) is 116 Å². The lowest BCUT2D eigenvalue weighted by Crippen LogP contribution is -2.12. The summed E-state index contributed by atoms with van der Waals surface area (Å²) in [5.41, 5.74) is 13.2. The third-order valence-electron chi connectivity index (χ3n) is 2.78. The highest BCUT2D eigenvalue weighted by atomic mass is 32.1. The maximum atomic E-state index is 5.71. The third kappa shape index (κ3) is 2.90. The van der Waals surface area contributed by atoms with Gasteiger partial charge in [0.2, 0.25) is 11.1 Å². The van der Waals surface area contributed by atoms with E-state index in [0.29, 0.717) is 5.13 Å². The molecule has 0 unspecified atom stereocenters. The number of nitrogen functional groups attached to an aromatic ring is 2. The highest BCUT2D eigenvalue weighted by molar-refractivity contribution is 7.15. The number of hydrogen-bond acceptors (Lipinski definition) is 8. The van der Waals surface area contributed by atoms with E-state index in [1.807, 2.05) is 20.8 Å². The van der Waals surface area contributed by atoms with Crippen LogP contribution in [0.15, 0.2) is 0 Å². The fourth-order valence-electron chi connectivity index (χ4n) is 1.76. The van der Waals surface area contributed by atoms with E-state index in [4.69, 9.17) is 11.5 Å². The Kier molecular flexibility index (Phi) is 3.79. The lowest BCUT2D eigenvalue weighted by molar-refractivity contribution is 0.827. The van der Waals surface area contributed by atoms with Crippen molar-refractivity contribution in [2.75, 3.05) is 16.8 Å². The van der Waals surface area contributed by atoms with Gasteiger partial charge in [-0.05, 0) is 20.3 Å². The largest absolute Gasteiger partial charge is 0.374 e. The first-order chi connectivity index (χ1) is 9.01. The van der Waals surface area contributed by atoms with Crippen molar-refractivity contribution in [3.8, 4) is 0 Å². The van der Waals surface area contributed by atoms with Gasteiger partial charge in [0, 0.05) is 5.56 Å². The van der Waals surface area contributed by atoms with Crippen LogP contribution in [0.3, 0.4) is 0 Å². The quantitative estimate of drug-likeness (QED) is 0.777. The fraction of sp³-hybridized carbons (Fsp3) is 0.455. The molecule has 0 spiro atoms. The van der Waals surface area contributed by atoms with E-state index in [2.05, 4.69) is 25.5 Å². The zero-order valence-corrected chi connectivity index (χ0v) is 12.0. The van der Waals surface area contributed by atoms with Crippen molar-refractivity contribution in [1.82, 2.24) is 20.2 Å². The van der Waals surface area contributed by atoms with Crippen LogP contribution >= 0.6 is 11.3 Å². The summed E-state index contributed by atoms with van der Waals surface area (Å²) in [6.07, 6.45) is 0.813. The van der Waals surface area contributed by atoms with Gasteiger partial charge in [-0.3, -0.25) is 0 Å². The van der Waals surface area contributed by atoms with Crippen molar-refractivity contribution in [2.45, 2.75) is 33.2 Å². The number of nitrogens with two attached hydrogens (primary N) is 2. The predicted octanol–water partition coefficient (Wildman–Crippen LogP) is 1.54. The van der Waals surface area contributed by atoms with Crippen LogP contribution in [0.2, 0.25) is 0 Å². The molecule has 7 nitrogen and oxygen atoms in total. The van der Waals surface area contributed by atoms with Gasteiger partial charge in [0.1, 0.15) is 10.8 Å². The Morgan fingerprint density at radius 2 is 2.00 bits per heavy atom. The van der Waals surface area contributed by atoms with Crippen LogP contribution in [0.5, 0.6) is 0 Å². The first-order valence-corrected chi connectivity index (χ1v) is 6.81. The maximum Gasteiger partial charge on any atom is 0.222 e. The Balaban J connectivity index is 2.25. The van der Waals surface area contributed by atoms with Crippen LogP contribution in [-0.2, 0) is 6.42 Å². The van der Waals surface area contributed by atoms with Crippen molar-refractivity contribution in [1.29, 1.82) is 0 Å². The smallest absolute Gasteiger partial charge is 0.222 e. The molecule has 0 aliphatic rings. The molecule has 2 aromatic rings. The van der Waals surface area contributed by atoms with Crippen LogP contribution in [0.25, 0.3) is 0 Å². The predicted molar refractivity (Wildman–Crippen MR) is 76.9 cm³/mol. The second-order valence-corrected chi connectivity index (χ2v) is 5.24. The van der Waals surface area contributed by atoms with Gasteiger partial charge in [-0.2, -0.15) is 4.98 Å². The molecule has 8 heteroatoms. The van der Waals surface area contributed by atoms with Gasteiger partial charge in [0.25, 0.3) is 0 Å². The molecule has 2 rings (SSSR count). The van der Waals surface area contributed by atoms with Crippen LogP contribution in [0.4, 0.5) is 16.9 Å². The van der Waals surface area contributed by atoms with Gasteiger partial charge in [-0.25, -0.2) is 4.98 Å². The van der Waals surface area contributed by atoms with Gasteiger partial charge in [-0.15, -0.1) is 10.2 Å². The Bertz CT molecular complexity index is 580. The van der Waals surface area contributed by atoms with Gasteiger partial charge in [0.05, 0.1) is 11.7 Å². The van der Waals surface area contributed by atoms with E-state index in [1.54, 1.807) is 0 Å². The number of nitrogens with zero attached hydrogens (tertiary/aromatic N) is 4. The molecule has 0 saturated carbocycles. The van der Waals surface area contributed by atoms with Crippen molar-refractivity contribution >= 4 is 28.2 Å². The van der Waals surface area contributed by atoms with Crippen molar-refractivity contribution in [3.63, 3.8) is 0 Å². The second-order valence-electron chi connectivity index (χ2n) is 4.20. The van der Waals surface area contributed by atoms with Crippen LogP contribution < -0.4 is 16.8 Å². The lowest BCUT2D eigenvalue weighted by atomic mass is 10.2. The minimum Gasteiger partial charge on any atom is -0.374 e. The number of aromatic nitrogens is 4. The summed E-state index contributed by atoms with van der Waals surface area (Å²) in [4.78, 5) is 8.45. The average molecular weight is 279 g/mol. The summed E-state index contributed by atoms with van der Waals surface area (Å²) in [6.45, 7) is 5.98. The molecule has 2 aromatic heterocycles. The zero-order valence-electron chi connectivity index (χ0n) is 11.1. The minimum absolute atomic E-state index is 0.0347. The lowest BCUT2D eigenvalue weighted by Gasteiger charge is -2.15. The standard InChI is InChI=1S/C11H17N7S/c1-4-7-5(2)8(16-10(12)15-7)14-6(3)9-17-18-11(13)19-9/h6H,4H2,1-3H3,(H2,13,18)(H3,12,14,15,16)/t6-/m1/s1. The molecule has 0 radical (unpaired) electrons. The summed E-state index contributed by atoms with van der Waals surface area (Å²) in [7, 11) is 0. The molecular weight excluding hydrogens is 262 g/mol. The summed E-state index contributed by atoms with van der Waals surface area (Å²) >= 11 is 1.35. The molecule has 102 valence electrons. The Morgan fingerprint density at radius 3 is 2.58 bits per heavy atom. The SMILES string of the molecule is CCc1nc(N)nc(N[C@H](C)c2nnc(N)s2)c1C. The third-order valence-corrected chi connectivity index (χ3v) is 3.71. The second kappa shape index (κ2) is 5.35. The Labute approximate surface area is 115 Å². The summed E-state index contributed by atoms with van der Waals surface area (Å²) in [6, 6.07) is -0.0347. The molecule has 1 atom stereocenters. The molecule has 0 aliphatic carbocycles. The molecule has 0 fully saturated rings. The molecule has 0 amide bonds. The van der Waals surface area contributed by atoms with Gasteiger partial charge >= 0.3 is 0 Å². The fourth-order valence-corrected chi connectivity index (χ4v) is 2.37. The van der Waals surface area contributed by atoms with E-state index in [0.717, 1.165) is 28.5 Å². The first-order valence-electron chi connectivity index (χ1n) is 5.99. The molecule has 0 aromatic carbocycles.